The molecule has 0 radical (unpaired) electrons. The molecule has 1 aromatic carbocycles. The zero-order valence-electron chi connectivity index (χ0n) is 14.6. The smallest absolute Gasteiger partial charge is 0.415 e. The first-order chi connectivity index (χ1) is 12.0. The average molecular weight is 344 g/mol. The standard InChI is InChI=1S/C19H24N2O4/c1-14(2)24-18(22)21-8-17(9-21)25-16-5-3-15(4-6-16)7-20-10-19(11-20)12-23-13-19/h3-6,17H,1,7-13H2,2H3. The van der Waals surface area contributed by atoms with Crippen LogP contribution >= 0.6 is 0 Å². The minimum absolute atomic E-state index is 0.0254. The van der Waals surface area contributed by atoms with Crippen molar-refractivity contribution in [1.82, 2.24) is 9.80 Å². The predicted octanol–water partition coefficient (Wildman–Crippen LogP) is 2.25. The molecule has 6 heteroatoms. The quantitative estimate of drug-likeness (QED) is 0.767. The molecule has 0 unspecified atom stereocenters. The SMILES string of the molecule is C=C(C)OC(=O)N1CC(Oc2ccc(CN3CC4(COC4)C3)cc2)C1. The number of hydrogen-bond donors (Lipinski definition) is 0. The molecule has 6 nitrogen and oxygen atoms in total. The maximum Gasteiger partial charge on any atom is 0.415 e. The molecule has 0 aliphatic carbocycles. The number of carbonyl (C=O) groups excluding carboxylic acids is 1. The first-order valence-corrected chi connectivity index (χ1v) is 8.69. The van der Waals surface area contributed by atoms with Crippen LogP contribution in [-0.2, 0) is 16.0 Å². The van der Waals surface area contributed by atoms with Crippen molar-refractivity contribution in [3.63, 3.8) is 0 Å². The van der Waals surface area contributed by atoms with E-state index < -0.39 is 0 Å². The van der Waals surface area contributed by atoms with Crippen molar-refractivity contribution in [2.45, 2.75) is 19.6 Å². The zero-order chi connectivity index (χ0) is 17.4. The molecular weight excluding hydrogens is 320 g/mol. The van der Waals surface area contributed by atoms with E-state index in [1.54, 1.807) is 11.8 Å². The fourth-order valence-electron chi connectivity index (χ4n) is 3.59. The van der Waals surface area contributed by atoms with Gasteiger partial charge in [0.2, 0.25) is 0 Å². The molecule has 0 saturated carbocycles. The van der Waals surface area contributed by atoms with Crippen LogP contribution in [0.3, 0.4) is 0 Å². The second-order valence-electron chi connectivity index (χ2n) is 7.50. The van der Waals surface area contributed by atoms with Gasteiger partial charge in [0.1, 0.15) is 11.9 Å². The van der Waals surface area contributed by atoms with E-state index in [1.165, 1.54) is 5.56 Å². The summed E-state index contributed by atoms with van der Waals surface area (Å²) in [5.41, 5.74) is 1.76. The molecule has 0 aromatic heterocycles. The molecule has 3 saturated heterocycles. The van der Waals surface area contributed by atoms with Crippen LogP contribution in [0.5, 0.6) is 5.75 Å². The Labute approximate surface area is 147 Å². The van der Waals surface area contributed by atoms with Crippen molar-refractivity contribution in [3.05, 3.63) is 42.2 Å². The summed E-state index contributed by atoms with van der Waals surface area (Å²) in [5, 5.41) is 0. The number of ether oxygens (including phenoxy) is 3. The second kappa shape index (κ2) is 6.35. The van der Waals surface area contributed by atoms with Crippen LogP contribution in [0.25, 0.3) is 0 Å². The number of amides is 1. The van der Waals surface area contributed by atoms with E-state index in [1.807, 2.05) is 12.1 Å². The molecule has 1 spiro atoms. The van der Waals surface area contributed by atoms with Crippen molar-refractivity contribution in [1.29, 1.82) is 0 Å². The van der Waals surface area contributed by atoms with Crippen molar-refractivity contribution < 1.29 is 19.0 Å². The number of likely N-dealkylation sites (tertiary alicyclic amines) is 2. The number of allylic oxidation sites excluding steroid dienone is 1. The number of hydrogen-bond acceptors (Lipinski definition) is 5. The molecule has 0 N–H and O–H groups in total. The second-order valence-corrected chi connectivity index (χ2v) is 7.50. The van der Waals surface area contributed by atoms with Crippen LogP contribution in [-0.4, -0.2) is 61.4 Å². The van der Waals surface area contributed by atoms with Gasteiger partial charge in [-0.3, -0.25) is 4.90 Å². The summed E-state index contributed by atoms with van der Waals surface area (Å²) in [5.74, 6) is 1.25. The lowest BCUT2D eigenvalue weighted by molar-refractivity contribution is -0.191. The van der Waals surface area contributed by atoms with Crippen LogP contribution in [0.4, 0.5) is 4.79 Å². The minimum Gasteiger partial charge on any atom is -0.487 e. The van der Waals surface area contributed by atoms with Gasteiger partial charge in [-0.25, -0.2) is 4.79 Å². The Hall–Kier alpha value is -2.05. The van der Waals surface area contributed by atoms with Gasteiger partial charge < -0.3 is 19.1 Å². The lowest BCUT2D eigenvalue weighted by Gasteiger charge is -2.55. The first-order valence-electron chi connectivity index (χ1n) is 8.69. The fourth-order valence-corrected chi connectivity index (χ4v) is 3.59. The highest BCUT2D eigenvalue weighted by molar-refractivity contribution is 5.69. The molecule has 0 bridgehead atoms. The Kier molecular flexibility index (Phi) is 4.17. The fraction of sp³-hybridized carbons (Fsp3) is 0.526. The predicted molar refractivity (Wildman–Crippen MR) is 92.3 cm³/mol. The lowest BCUT2D eigenvalue weighted by atomic mass is 9.78. The van der Waals surface area contributed by atoms with Gasteiger partial charge in [-0.2, -0.15) is 0 Å². The Bertz CT molecular complexity index is 655. The number of benzene rings is 1. The number of rotatable bonds is 5. The molecule has 134 valence electrons. The van der Waals surface area contributed by atoms with Gasteiger partial charge in [0.15, 0.2) is 0 Å². The Morgan fingerprint density at radius 1 is 1.28 bits per heavy atom. The van der Waals surface area contributed by atoms with Gasteiger partial charge in [0.25, 0.3) is 0 Å². The van der Waals surface area contributed by atoms with E-state index in [4.69, 9.17) is 14.2 Å². The van der Waals surface area contributed by atoms with Crippen molar-refractivity contribution in [3.8, 4) is 5.75 Å². The summed E-state index contributed by atoms with van der Waals surface area (Å²) in [6.07, 6.45) is -0.329. The number of nitrogens with zero attached hydrogens (tertiary/aromatic N) is 2. The maximum absolute atomic E-state index is 11.7. The monoisotopic (exact) mass is 344 g/mol. The van der Waals surface area contributed by atoms with Crippen LogP contribution < -0.4 is 4.74 Å². The van der Waals surface area contributed by atoms with Crippen molar-refractivity contribution in [2.24, 2.45) is 5.41 Å². The molecule has 3 fully saturated rings. The largest absolute Gasteiger partial charge is 0.487 e. The maximum atomic E-state index is 11.7. The summed E-state index contributed by atoms with van der Waals surface area (Å²) < 4.78 is 16.2. The van der Waals surface area contributed by atoms with E-state index in [0.29, 0.717) is 24.3 Å². The minimum atomic E-state index is -0.355. The number of carbonyl (C=O) groups is 1. The topological polar surface area (TPSA) is 51.2 Å². The van der Waals surface area contributed by atoms with Crippen LogP contribution in [0.15, 0.2) is 36.6 Å². The third-order valence-electron chi connectivity index (χ3n) is 4.93. The van der Waals surface area contributed by atoms with Gasteiger partial charge in [0.05, 0.1) is 32.1 Å². The lowest BCUT2D eigenvalue weighted by Crippen LogP contribution is -2.65. The van der Waals surface area contributed by atoms with Crippen molar-refractivity contribution >= 4 is 6.09 Å². The van der Waals surface area contributed by atoms with Crippen LogP contribution in [0, 0.1) is 5.41 Å². The summed E-state index contributed by atoms with van der Waals surface area (Å²) in [6, 6.07) is 8.24. The summed E-state index contributed by atoms with van der Waals surface area (Å²) in [6.45, 7) is 11.4. The third kappa shape index (κ3) is 3.50. The van der Waals surface area contributed by atoms with E-state index in [2.05, 4.69) is 23.6 Å². The summed E-state index contributed by atoms with van der Waals surface area (Å²) in [7, 11) is 0. The highest BCUT2D eigenvalue weighted by Gasteiger charge is 2.48. The summed E-state index contributed by atoms with van der Waals surface area (Å²) >= 11 is 0. The third-order valence-corrected chi connectivity index (χ3v) is 4.93. The van der Waals surface area contributed by atoms with Gasteiger partial charge in [-0.1, -0.05) is 18.7 Å². The first kappa shape index (κ1) is 16.4. The molecule has 3 heterocycles. The Morgan fingerprint density at radius 3 is 2.52 bits per heavy atom. The summed E-state index contributed by atoms with van der Waals surface area (Å²) in [4.78, 5) is 15.7. The van der Waals surface area contributed by atoms with E-state index in [-0.39, 0.29) is 12.2 Å². The molecule has 4 rings (SSSR count). The molecule has 3 aliphatic heterocycles. The molecule has 1 amide bonds. The van der Waals surface area contributed by atoms with E-state index in [9.17, 15) is 4.79 Å². The Morgan fingerprint density at radius 2 is 1.96 bits per heavy atom. The van der Waals surface area contributed by atoms with Gasteiger partial charge in [0, 0.05) is 25.0 Å². The molecule has 3 aliphatic rings. The van der Waals surface area contributed by atoms with E-state index >= 15 is 0 Å². The zero-order valence-corrected chi connectivity index (χ0v) is 14.6. The van der Waals surface area contributed by atoms with Gasteiger partial charge in [-0.05, 0) is 24.6 Å². The highest BCUT2D eigenvalue weighted by Crippen LogP contribution is 2.38. The van der Waals surface area contributed by atoms with Gasteiger partial charge in [-0.15, -0.1) is 0 Å². The normalized spacial score (nSPS) is 21.9. The molecule has 25 heavy (non-hydrogen) atoms. The van der Waals surface area contributed by atoms with Crippen LogP contribution in [0.2, 0.25) is 0 Å². The highest BCUT2D eigenvalue weighted by atomic mass is 16.6. The Balaban J connectivity index is 1.20. The van der Waals surface area contributed by atoms with E-state index in [0.717, 1.165) is 38.6 Å². The van der Waals surface area contributed by atoms with Crippen molar-refractivity contribution in [2.75, 3.05) is 39.4 Å². The molecule has 1 aromatic rings. The average Bonchev–Trinajstić information content (AvgIpc) is 2.44. The van der Waals surface area contributed by atoms with Gasteiger partial charge >= 0.3 is 6.09 Å². The molecular formula is C19H24N2O4. The van der Waals surface area contributed by atoms with Crippen LogP contribution in [0.1, 0.15) is 12.5 Å². The molecule has 0 atom stereocenters.